The van der Waals surface area contributed by atoms with Crippen LogP contribution in [-0.4, -0.2) is 9.78 Å². The van der Waals surface area contributed by atoms with E-state index in [1.807, 2.05) is 0 Å². The molecule has 2 rings (SSSR count). The maximum atomic E-state index is 13.4. The summed E-state index contributed by atoms with van der Waals surface area (Å²) < 4.78 is 65.4. The minimum atomic E-state index is -4.54. The van der Waals surface area contributed by atoms with Crippen molar-refractivity contribution in [1.82, 2.24) is 9.78 Å². The number of aryl methyl sites for hydroxylation is 1. The van der Waals surface area contributed by atoms with Crippen LogP contribution in [0.2, 0.25) is 0 Å². The van der Waals surface area contributed by atoms with Crippen molar-refractivity contribution >= 4 is 5.69 Å². The van der Waals surface area contributed by atoms with E-state index in [1.54, 1.807) is 6.92 Å². The molecule has 1 aromatic heterocycles. The van der Waals surface area contributed by atoms with Crippen LogP contribution in [-0.2, 0) is 19.3 Å². The second-order valence-corrected chi connectivity index (χ2v) is 4.31. The Bertz CT molecular complexity index is 633. The largest absolute Gasteiger partial charge is 0.435 e. The van der Waals surface area contributed by atoms with Crippen molar-refractivity contribution in [2.24, 2.45) is 0 Å². The monoisotopic (exact) mass is 305 g/mol. The SMILES string of the molecule is CCn1nc(C(F)(F)F)cc1CNc1cc(F)ccc1F. The first kappa shape index (κ1) is 15.3. The lowest BCUT2D eigenvalue weighted by molar-refractivity contribution is -0.141. The Morgan fingerprint density at radius 1 is 1.19 bits per heavy atom. The van der Waals surface area contributed by atoms with E-state index in [2.05, 4.69) is 10.4 Å². The molecule has 2 aromatic rings. The number of rotatable bonds is 4. The molecule has 0 saturated carbocycles. The summed E-state index contributed by atoms with van der Waals surface area (Å²) in [4.78, 5) is 0. The van der Waals surface area contributed by atoms with Gasteiger partial charge in [0.05, 0.1) is 17.9 Å². The molecule has 0 amide bonds. The zero-order valence-corrected chi connectivity index (χ0v) is 11.0. The van der Waals surface area contributed by atoms with Gasteiger partial charge in [-0.3, -0.25) is 4.68 Å². The molecule has 0 saturated heterocycles. The highest BCUT2D eigenvalue weighted by Crippen LogP contribution is 2.29. The molecule has 0 radical (unpaired) electrons. The first-order valence-corrected chi connectivity index (χ1v) is 6.14. The topological polar surface area (TPSA) is 29.9 Å². The highest BCUT2D eigenvalue weighted by atomic mass is 19.4. The summed E-state index contributed by atoms with van der Waals surface area (Å²) in [5.41, 5.74) is -0.901. The van der Waals surface area contributed by atoms with Gasteiger partial charge in [-0.2, -0.15) is 18.3 Å². The fraction of sp³-hybridized carbons (Fsp3) is 0.308. The van der Waals surface area contributed by atoms with Gasteiger partial charge in [0, 0.05) is 6.54 Å². The quantitative estimate of drug-likeness (QED) is 0.871. The van der Waals surface area contributed by atoms with Crippen molar-refractivity contribution in [2.45, 2.75) is 26.2 Å². The molecular weight excluding hydrogens is 293 g/mol. The summed E-state index contributed by atoms with van der Waals surface area (Å²) in [7, 11) is 0. The Hall–Kier alpha value is -2.12. The number of nitrogens with zero attached hydrogens (tertiary/aromatic N) is 2. The Balaban J connectivity index is 2.20. The average molecular weight is 305 g/mol. The third kappa shape index (κ3) is 3.50. The first-order valence-electron chi connectivity index (χ1n) is 6.14. The van der Waals surface area contributed by atoms with E-state index in [0.29, 0.717) is 0 Å². The van der Waals surface area contributed by atoms with E-state index in [0.717, 1.165) is 28.9 Å². The highest BCUT2D eigenvalue weighted by Gasteiger charge is 2.34. The van der Waals surface area contributed by atoms with Gasteiger partial charge in [0.15, 0.2) is 5.69 Å². The summed E-state index contributed by atoms with van der Waals surface area (Å²) in [5, 5.41) is 6.00. The van der Waals surface area contributed by atoms with Crippen LogP contribution in [0, 0.1) is 11.6 Å². The molecule has 0 atom stereocenters. The van der Waals surface area contributed by atoms with Crippen molar-refractivity contribution in [2.75, 3.05) is 5.32 Å². The summed E-state index contributed by atoms with van der Waals surface area (Å²) in [5.74, 6) is -1.33. The summed E-state index contributed by atoms with van der Waals surface area (Å²) in [6.07, 6.45) is -4.54. The maximum Gasteiger partial charge on any atom is 0.435 e. The Morgan fingerprint density at radius 3 is 2.52 bits per heavy atom. The van der Waals surface area contributed by atoms with Crippen LogP contribution in [0.15, 0.2) is 24.3 Å². The van der Waals surface area contributed by atoms with Crippen molar-refractivity contribution in [3.8, 4) is 0 Å². The third-order valence-electron chi connectivity index (χ3n) is 2.84. The van der Waals surface area contributed by atoms with Gasteiger partial charge in [-0.1, -0.05) is 0 Å². The third-order valence-corrected chi connectivity index (χ3v) is 2.84. The van der Waals surface area contributed by atoms with Crippen LogP contribution >= 0.6 is 0 Å². The number of benzene rings is 1. The maximum absolute atomic E-state index is 13.4. The molecular formula is C13H12F5N3. The number of anilines is 1. The van der Waals surface area contributed by atoms with Crippen LogP contribution in [0.1, 0.15) is 18.3 Å². The van der Waals surface area contributed by atoms with Gasteiger partial charge in [-0.05, 0) is 31.2 Å². The first-order chi connectivity index (χ1) is 9.81. The molecule has 1 aromatic carbocycles. The molecule has 0 aliphatic carbocycles. The number of hydrogen-bond acceptors (Lipinski definition) is 2. The normalized spacial score (nSPS) is 11.7. The number of hydrogen-bond donors (Lipinski definition) is 1. The molecule has 1 N–H and O–H groups in total. The van der Waals surface area contributed by atoms with Gasteiger partial charge in [-0.25, -0.2) is 8.78 Å². The summed E-state index contributed by atoms with van der Waals surface area (Å²) >= 11 is 0. The molecule has 21 heavy (non-hydrogen) atoms. The fourth-order valence-corrected chi connectivity index (χ4v) is 1.83. The molecule has 0 spiro atoms. The van der Waals surface area contributed by atoms with Crippen LogP contribution < -0.4 is 5.32 Å². The van der Waals surface area contributed by atoms with Gasteiger partial charge in [0.25, 0.3) is 0 Å². The van der Waals surface area contributed by atoms with E-state index in [-0.39, 0.29) is 24.5 Å². The fourth-order valence-electron chi connectivity index (χ4n) is 1.83. The van der Waals surface area contributed by atoms with Gasteiger partial charge in [-0.15, -0.1) is 0 Å². The van der Waals surface area contributed by atoms with Crippen molar-refractivity contribution < 1.29 is 22.0 Å². The highest BCUT2D eigenvalue weighted by molar-refractivity contribution is 5.45. The van der Waals surface area contributed by atoms with Gasteiger partial charge < -0.3 is 5.32 Å². The lowest BCUT2D eigenvalue weighted by Gasteiger charge is -2.08. The van der Waals surface area contributed by atoms with E-state index in [1.165, 1.54) is 0 Å². The van der Waals surface area contributed by atoms with E-state index in [9.17, 15) is 22.0 Å². The van der Waals surface area contributed by atoms with Crippen LogP contribution in [0.4, 0.5) is 27.6 Å². The van der Waals surface area contributed by atoms with Crippen molar-refractivity contribution in [3.05, 3.63) is 47.3 Å². The van der Waals surface area contributed by atoms with Gasteiger partial charge in [0.1, 0.15) is 11.6 Å². The van der Waals surface area contributed by atoms with Crippen molar-refractivity contribution in [1.29, 1.82) is 0 Å². The zero-order chi connectivity index (χ0) is 15.6. The number of nitrogens with one attached hydrogen (secondary N) is 1. The lowest BCUT2D eigenvalue weighted by atomic mass is 10.2. The molecule has 8 heteroatoms. The Labute approximate surface area is 117 Å². The van der Waals surface area contributed by atoms with E-state index < -0.39 is 23.5 Å². The second kappa shape index (κ2) is 5.71. The smallest absolute Gasteiger partial charge is 0.377 e. The van der Waals surface area contributed by atoms with Crippen LogP contribution in [0.25, 0.3) is 0 Å². The predicted molar refractivity (Wildman–Crippen MR) is 66.6 cm³/mol. The number of halogens is 5. The minimum Gasteiger partial charge on any atom is -0.377 e. The van der Waals surface area contributed by atoms with Crippen LogP contribution in [0.3, 0.4) is 0 Å². The molecule has 0 fully saturated rings. The average Bonchev–Trinajstić information content (AvgIpc) is 2.83. The Morgan fingerprint density at radius 2 is 1.90 bits per heavy atom. The van der Waals surface area contributed by atoms with E-state index in [4.69, 9.17) is 0 Å². The molecule has 0 unspecified atom stereocenters. The molecule has 3 nitrogen and oxygen atoms in total. The molecule has 0 bridgehead atoms. The summed E-state index contributed by atoms with van der Waals surface area (Å²) in [6.45, 7) is 1.77. The minimum absolute atomic E-state index is 0.0999. The zero-order valence-electron chi connectivity index (χ0n) is 11.0. The van der Waals surface area contributed by atoms with Gasteiger partial charge >= 0.3 is 6.18 Å². The molecule has 1 heterocycles. The number of alkyl halides is 3. The van der Waals surface area contributed by atoms with Gasteiger partial charge in [0.2, 0.25) is 0 Å². The molecule has 114 valence electrons. The van der Waals surface area contributed by atoms with Crippen molar-refractivity contribution in [3.63, 3.8) is 0 Å². The predicted octanol–water partition coefficient (Wildman–Crippen LogP) is 3.81. The number of aromatic nitrogens is 2. The lowest BCUT2D eigenvalue weighted by Crippen LogP contribution is -2.09. The standard InChI is InChI=1S/C13H12F5N3/c1-2-21-9(6-12(20-21)13(16,17)18)7-19-11-5-8(14)3-4-10(11)15/h3-6,19H,2,7H2,1H3. The van der Waals surface area contributed by atoms with E-state index >= 15 is 0 Å². The second-order valence-electron chi connectivity index (χ2n) is 4.31. The summed E-state index contributed by atoms with van der Waals surface area (Å²) in [6, 6.07) is 3.72. The van der Waals surface area contributed by atoms with Crippen LogP contribution in [0.5, 0.6) is 0 Å². The molecule has 0 aliphatic heterocycles. The molecule has 0 aliphatic rings. The Kier molecular flexibility index (Phi) is 4.15.